The second-order valence-corrected chi connectivity index (χ2v) is 6.68. The smallest absolute Gasteiger partial charge is 0.137 e. The van der Waals surface area contributed by atoms with Crippen molar-refractivity contribution in [2.75, 3.05) is 13.7 Å². The molecule has 0 bridgehead atoms. The van der Waals surface area contributed by atoms with Crippen LogP contribution in [0.15, 0.2) is 18.2 Å². The first kappa shape index (κ1) is 13.3. The van der Waals surface area contributed by atoms with Gasteiger partial charge in [-0.15, -0.1) is 0 Å². The number of hydrogen-bond acceptors (Lipinski definition) is 3. The Morgan fingerprint density at radius 2 is 2.10 bits per heavy atom. The number of fused-ring (bicyclic) bond motifs is 5. The molecule has 3 aliphatic rings. The van der Waals surface area contributed by atoms with Crippen LogP contribution in [0, 0.1) is 5.92 Å². The van der Waals surface area contributed by atoms with Crippen molar-refractivity contribution in [2.24, 2.45) is 5.92 Å². The highest BCUT2D eigenvalue weighted by atomic mass is 16.5. The van der Waals surface area contributed by atoms with Crippen LogP contribution in [0.4, 0.5) is 0 Å². The number of carbonyl (C=O) groups excluding carboxylic acids is 1. The van der Waals surface area contributed by atoms with Crippen molar-refractivity contribution >= 4 is 5.78 Å². The SMILES string of the molecule is COc1ccc2c(c1)CCN1[C@@H]2CC[C@@H]2C(=O)CCC[C@H]21. The Labute approximate surface area is 126 Å². The molecule has 0 unspecified atom stereocenters. The number of benzene rings is 1. The summed E-state index contributed by atoms with van der Waals surface area (Å²) in [5.41, 5.74) is 2.91. The van der Waals surface area contributed by atoms with Gasteiger partial charge in [-0.1, -0.05) is 6.07 Å². The van der Waals surface area contributed by atoms with Crippen LogP contribution in [0.5, 0.6) is 5.75 Å². The maximum absolute atomic E-state index is 12.2. The molecule has 0 amide bonds. The van der Waals surface area contributed by atoms with E-state index in [1.165, 1.54) is 17.5 Å². The first-order chi connectivity index (χ1) is 10.3. The third-order valence-corrected chi connectivity index (χ3v) is 5.73. The molecule has 4 rings (SSSR count). The molecule has 112 valence electrons. The van der Waals surface area contributed by atoms with Crippen molar-refractivity contribution in [3.05, 3.63) is 29.3 Å². The van der Waals surface area contributed by atoms with Crippen LogP contribution in [0.1, 0.15) is 49.3 Å². The summed E-state index contributed by atoms with van der Waals surface area (Å²) in [6, 6.07) is 7.55. The zero-order valence-electron chi connectivity index (χ0n) is 12.7. The molecule has 0 aromatic heterocycles. The Kier molecular flexibility index (Phi) is 3.26. The second kappa shape index (κ2) is 5.13. The number of ether oxygens (including phenoxy) is 1. The second-order valence-electron chi connectivity index (χ2n) is 6.68. The topological polar surface area (TPSA) is 29.5 Å². The first-order valence-corrected chi connectivity index (χ1v) is 8.23. The van der Waals surface area contributed by atoms with E-state index in [4.69, 9.17) is 4.74 Å². The largest absolute Gasteiger partial charge is 0.497 e. The van der Waals surface area contributed by atoms with Crippen LogP contribution in [0.25, 0.3) is 0 Å². The summed E-state index contributed by atoms with van der Waals surface area (Å²) < 4.78 is 5.36. The summed E-state index contributed by atoms with van der Waals surface area (Å²) >= 11 is 0. The minimum Gasteiger partial charge on any atom is -0.497 e. The number of hydrogen-bond donors (Lipinski definition) is 0. The Balaban J connectivity index is 1.66. The summed E-state index contributed by atoms with van der Waals surface area (Å²) in [5, 5.41) is 0. The van der Waals surface area contributed by atoms with E-state index in [1.807, 2.05) is 0 Å². The van der Waals surface area contributed by atoms with E-state index in [-0.39, 0.29) is 0 Å². The maximum atomic E-state index is 12.2. The summed E-state index contributed by atoms with van der Waals surface area (Å²) in [7, 11) is 1.73. The van der Waals surface area contributed by atoms with Crippen molar-refractivity contribution in [2.45, 2.75) is 50.6 Å². The highest BCUT2D eigenvalue weighted by Crippen LogP contribution is 2.45. The Hall–Kier alpha value is -1.35. The van der Waals surface area contributed by atoms with E-state index in [0.29, 0.717) is 23.8 Å². The number of rotatable bonds is 1. The lowest BCUT2D eigenvalue weighted by Gasteiger charge is -2.50. The number of methoxy groups -OCH3 is 1. The molecule has 3 nitrogen and oxygen atoms in total. The fourth-order valence-electron chi connectivity index (χ4n) is 4.73. The Morgan fingerprint density at radius 3 is 2.95 bits per heavy atom. The molecule has 1 aromatic carbocycles. The molecule has 0 spiro atoms. The fraction of sp³-hybridized carbons (Fsp3) is 0.611. The van der Waals surface area contributed by atoms with Gasteiger partial charge in [-0.2, -0.15) is 0 Å². The van der Waals surface area contributed by atoms with Crippen molar-refractivity contribution in [1.29, 1.82) is 0 Å². The molecular weight excluding hydrogens is 262 g/mol. The maximum Gasteiger partial charge on any atom is 0.137 e. The molecule has 0 N–H and O–H groups in total. The molecule has 3 atom stereocenters. The van der Waals surface area contributed by atoms with Gasteiger partial charge in [0, 0.05) is 31.0 Å². The van der Waals surface area contributed by atoms with Gasteiger partial charge in [0.25, 0.3) is 0 Å². The Morgan fingerprint density at radius 1 is 1.19 bits per heavy atom. The number of Topliss-reactive ketones (excluding diaryl/α,β-unsaturated/α-hetero) is 1. The van der Waals surface area contributed by atoms with E-state index in [9.17, 15) is 4.79 Å². The fourth-order valence-corrected chi connectivity index (χ4v) is 4.73. The van der Waals surface area contributed by atoms with Crippen LogP contribution in [0.2, 0.25) is 0 Å². The standard InChI is InChI=1S/C18H23NO2/c1-21-13-5-6-14-12(11-13)9-10-19-16-3-2-4-18(20)15(16)7-8-17(14)19/h5-6,11,15-17H,2-4,7-10H2,1H3/t15-,16+,17+/m0/s1. The number of nitrogens with zero attached hydrogens (tertiary/aromatic N) is 1. The summed E-state index contributed by atoms with van der Waals surface area (Å²) in [5.74, 6) is 1.80. The number of ketones is 1. The monoisotopic (exact) mass is 285 g/mol. The molecule has 1 saturated carbocycles. The van der Waals surface area contributed by atoms with Crippen LogP contribution < -0.4 is 4.74 Å². The molecule has 2 fully saturated rings. The average Bonchev–Trinajstić information content (AvgIpc) is 2.54. The van der Waals surface area contributed by atoms with Crippen molar-refractivity contribution in [1.82, 2.24) is 4.90 Å². The molecule has 2 aliphatic heterocycles. The third-order valence-electron chi connectivity index (χ3n) is 5.73. The van der Waals surface area contributed by atoms with Crippen LogP contribution in [-0.4, -0.2) is 30.4 Å². The third kappa shape index (κ3) is 2.10. The molecule has 1 saturated heterocycles. The van der Waals surface area contributed by atoms with Gasteiger partial charge >= 0.3 is 0 Å². The van der Waals surface area contributed by atoms with E-state index < -0.39 is 0 Å². The summed E-state index contributed by atoms with van der Waals surface area (Å²) in [6.07, 6.45) is 6.40. The van der Waals surface area contributed by atoms with Crippen molar-refractivity contribution in [3.63, 3.8) is 0 Å². The molecule has 21 heavy (non-hydrogen) atoms. The van der Waals surface area contributed by atoms with Gasteiger partial charge in [0.05, 0.1) is 7.11 Å². The quantitative estimate of drug-likeness (QED) is 0.794. The minimum atomic E-state index is 0.315. The molecule has 2 heterocycles. The van der Waals surface area contributed by atoms with Crippen LogP contribution in [0.3, 0.4) is 0 Å². The highest BCUT2D eigenvalue weighted by molar-refractivity contribution is 5.82. The van der Waals surface area contributed by atoms with Crippen LogP contribution >= 0.6 is 0 Å². The summed E-state index contributed by atoms with van der Waals surface area (Å²) in [6.45, 7) is 1.10. The predicted octanol–water partition coefficient (Wildman–Crippen LogP) is 3.13. The van der Waals surface area contributed by atoms with Crippen LogP contribution in [-0.2, 0) is 11.2 Å². The van der Waals surface area contributed by atoms with Gasteiger partial charge in [0.15, 0.2) is 0 Å². The minimum absolute atomic E-state index is 0.315. The lowest BCUT2D eigenvalue weighted by molar-refractivity contribution is -0.131. The van der Waals surface area contributed by atoms with E-state index in [0.717, 1.165) is 44.4 Å². The molecule has 1 aromatic rings. The lowest BCUT2D eigenvalue weighted by atomic mass is 9.72. The molecule has 0 radical (unpaired) electrons. The van der Waals surface area contributed by atoms with Gasteiger partial charge in [-0.25, -0.2) is 0 Å². The molecule has 1 aliphatic carbocycles. The number of carbonyl (C=O) groups is 1. The van der Waals surface area contributed by atoms with Gasteiger partial charge in [0.1, 0.15) is 11.5 Å². The van der Waals surface area contributed by atoms with Gasteiger partial charge in [0.2, 0.25) is 0 Å². The zero-order chi connectivity index (χ0) is 14.4. The average molecular weight is 285 g/mol. The normalized spacial score (nSPS) is 32.0. The highest BCUT2D eigenvalue weighted by Gasteiger charge is 2.44. The Bertz CT molecular complexity index is 568. The lowest BCUT2D eigenvalue weighted by Crippen LogP contribution is -2.53. The van der Waals surface area contributed by atoms with Crippen molar-refractivity contribution < 1.29 is 9.53 Å². The first-order valence-electron chi connectivity index (χ1n) is 8.23. The van der Waals surface area contributed by atoms with Gasteiger partial charge in [-0.05, 0) is 55.4 Å². The molecular formula is C18H23NO2. The van der Waals surface area contributed by atoms with E-state index in [2.05, 4.69) is 23.1 Å². The zero-order valence-corrected chi connectivity index (χ0v) is 12.7. The number of piperidine rings is 1. The van der Waals surface area contributed by atoms with Gasteiger partial charge in [-0.3, -0.25) is 9.69 Å². The summed E-state index contributed by atoms with van der Waals surface area (Å²) in [4.78, 5) is 14.8. The van der Waals surface area contributed by atoms with Crippen molar-refractivity contribution in [3.8, 4) is 5.75 Å². The molecule has 3 heteroatoms. The van der Waals surface area contributed by atoms with Gasteiger partial charge < -0.3 is 4.74 Å². The van der Waals surface area contributed by atoms with E-state index >= 15 is 0 Å². The predicted molar refractivity (Wildman–Crippen MR) is 81.5 cm³/mol. The van der Waals surface area contributed by atoms with E-state index in [1.54, 1.807) is 7.11 Å².